The minimum atomic E-state index is -0.918. The smallest absolute Gasteiger partial charge is 0.323 e. The Balaban J connectivity index is 2.19. The summed E-state index contributed by atoms with van der Waals surface area (Å²) in [5, 5.41) is 9.90. The molecular weight excluding hydrogens is 295 g/mol. The van der Waals surface area contributed by atoms with Crippen molar-refractivity contribution in [3.8, 4) is 0 Å². The third kappa shape index (κ3) is 2.82. The predicted octanol–water partition coefficient (Wildman–Crippen LogP) is 3.47. The number of carbonyl (C=O) groups is 1. The topological polar surface area (TPSA) is 55.1 Å². The van der Waals surface area contributed by atoms with Crippen molar-refractivity contribution in [1.82, 2.24) is 9.55 Å². The quantitative estimate of drug-likeness (QED) is 0.802. The van der Waals surface area contributed by atoms with E-state index in [0.29, 0.717) is 6.42 Å². The summed E-state index contributed by atoms with van der Waals surface area (Å²) < 4.78 is 15.4. The van der Waals surface area contributed by atoms with Crippen molar-refractivity contribution < 1.29 is 14.3 Å². The average molecular weight is 312 g/mol. The van der Waals surface area contributed by atoms with Crippen LogP contribution in [0.15, 0.2) is 36.5 Å². The molecule has 0 bridgehead atoms. The molecule has 0 aliphatic rings. The zero-order valence-electron chi connectivity index (χ0n) is 13.0. The molecule has 0 aliphatic heterocycles. The van der Waals surface area contributed by atoms with Crippen LogP contribution in [0.2, 0.25) is 0 Å². The van der Waals surface area contributed by atoms with Crippen molar-refractivity contribution in [1.29, 1.82) is 0 Å². The molecule has 0 fully saturated rings. The molecule has 0 spiro atoms. The first-order chi connectivity index (χ1) is 11.0. The van der Waals surface area contributed by atoms with Crippen LogP contribution < -0.4 is 0 Å². The van der Waals surface area contributed by atoms with Gasteiger partial charge < -0.3 is 9.67 Å². The number of aromatic nitrogens is 2. The zero-order valence-corrected chi connectivity index (χ0v) is 13.0. The van der Waals surface area contributed by atoms with E-state index in [1.807, 2.05) is 26.0 Å². The number of pyridine rings is 1. The summed E-state index contributed by atoms with van der Waals surface area (Å²) in [5.74, 6) is -1.24. The molecule has 23 heavy (non-hydrogen) atoms. The lowest BCUT2D eigenvalue weighted by atomic mass is 10.0. The van der Waals surface area contributed by atoms with Crippen LogP contribution in [0, 0.1) is 19.7 Å². The van der Waals surface area contributed by atoms with Crippen LogP contribution in [-0.2, 0) is 17.8 Å². The zero-order chi connectivity index (χ0) is 16.6. The van der Waals surface area contributed by atoms with Gasteiger partial charge in [0.1, 0.15) is 12.4 Å². The third-order valence-corrected chi connectivity index (χ3v) is 4.19. The number of halogens is 1. The van der Waals surface area contributed by atoms with Crippen molar-refractivity contribution in [2.75, 3.05) is 0 Å². The largest absolute Gasteiger partial charge is 0.480 e. The van der Waals surface area contributed by atoms with E-state index < -0.39 is 5.97 Å². The molecule has 0 amide bonds. The normalized spacial score (nSPS) is 11.1. The Morgan fingerprint density at radius 2 is 2.09 bits per heavy atom. The second-order valence-corrected chi connectivity index (χ2v) is 5.63. The summed E-state index contributed by atoms with van der Waals surface area (Å²) >= 11 is 0. The van der Waals surface area contributed by atoms with E-state index >= 15 is 0 Å². The first-order valence-electron chi connectivity index (χ1n) is 7.37. The number of hydrogen-bond acceptors (Lipinski definition) is 2. The number of carboxylic acids is 1. The Hall–Kier alpha value is -2.69. The maximum atomic E-state index is 13.7. The van der Waals surface area contributed by atoms with Gasteiger partial charge in [-0.15, -0.1) is 0 Å². The van der Waals surface area contributed by atoms with Gasteiger partial charge in [-0.2, -0.15) is 0 Å². The molecule has 2 heterocycles. The molecule has 1 aromatic carbocycles. The monoisotopic (exact) mass is 312 g/mol. The van der Waals surface area contributed by atoms with Gasteiger partial charge >= 0.3 is 5.97 Å². The fourth-order valence-electron chi connectivity index (χ4n) is 2.98. The van der Waals surface area contributed by atoms with Gasteiger partial charge in [-0.1, -0.05) is 6.07 Å². The summed E-state index contributed by atoms with van der Waals surface area (Å²) in [4.78, 5) is 15.4. The molecule has 0 radical (unpaired) electrons. The van der Waals surface area contributed by atoms with Crippen molar-refractivity contribution >= 4 is 16.9 Å². The van der Waals surface area contributed by atoms with Gasteiger partial charge in [-0.05, 0) is 49.2 Å². The minimum Gasteiger partial charge on any atom is -0.480 e. The molecule has 1 N–H and O–H groups in total. The number of benzene rings is 1. The molecule has 118 valence electrons. The van der Waals surface area contributed by atoms with E-state index in [-0.39, 0.29) is 12.4 Å². The number of aryl methyl sites for hydroxylation is 1. The Morgan fingerprint density at radius 1 is 1.30 bits per heavy atom. The number of hydrogen-bond donors (Lipinski definition) is 1. The maximum Gasteiger partial charge on any atom is 0.323 e. The summed E-state index contributed by atoms with van der Waals surface area (Å²) in [5.41, 5.74) is 4.49. The number of fused-ring (bicyclic) bond motifs is 1. The van der Waals surface area contributed by atoms with Crippen molar-refractivity contribution in [3.63, 3.8) is 0 Å². The van der Waals surface area contributed by atoms with E-state index in [1.165, 1.54) is 12.1 Å². The van der Waals surface area contributed by atoms with Gasteiger partial charge in [0, 0.05) is 34.9 Å². The Labute approximate surface area is 133 Å². The Bertz CT molecular complexity index is 899. The molecule has 0 saturated heterocycles. The predicted molar refractivity (Wildman–Crippen MR) is 86.0 cm³/mol. The van der Waals surface area contributed by atoms with E-state index in [4.69, 9.17) is 5.11 Å². The molecule has 0 saturated carbocycles. The molecular formula is C18H17FN2O2. The van der Waals surface area contributed by atoms with Crippen molar-refractivity contribution in [2.24, 2.45) is 0 Å². The van der Waals surface area contributed by atoms with E-state index in [9.17, 15) is 9.18 Å². The Kier molecular flexibility index (Phi) is 3.86. The summed E-state index contributed by atoms with van der Waals surface area (Å²) in [6.07, 6.45) is 2.33. The molecule has 0 unspecified atom stereocenters. The fraction of sp³-hybridized carbons (Fsp3) is 0.222. The lowest BCUT2D eigenvalue weighted by molar-refractivity contribution is -0.137. The number of rotatable bonds is 4. The highest BCUT2D eigenvalue weighted by atomic mass is 19.1. The first-order valence-corrected chi connectivity index (χ1v) is 7.37. The van der Waals surface area contributed by atoms with Gasteiger partial charge in [0.05, 0.1) is 0 Å². The lowest BCUT2D eigenvalue weighted by Crippen LogP contribution is -2.10. The molecule has 3 aromatic rings. The van der Waals surface area contributed by atoms with Gasteiger partial charge in [0.15, 0.2) is 0 Å². The van der Waals surface area contributed by atoms with E-state index in [2.05, 4.69) is 4.98 Å². The SMILES string of the molecule is Cc1ncccc1Cc1c(C)n(CC(=O)O)c2ccc(F)cc12. The van der Waals surface area contributed by atoms with Crippen LogP contribution >= 0.6 is 0 Å². The third-order valence-electron chi connectivity index (χ3n) is 4.19. The summed E-state index contributed by atoms with van der Waals surface area (Å²) in [6.45, 7) is 3.67. The molecule has 4 nitrogen and oxygen atoms in total. The van der Waals surface area contributed by atoms with Gasteiger partial charge in [-0.25, -0.2) is 4.39 Å². The highest BCUT2D eigenvalue weighted by Gasteiger charge is 2.17. The molecule has 0 atom stereocenters. The fourth-order valence-corrected chi connectivity index (χ4v) is 2.98. The second-order valence-electron chi connectivity index (χ2n) is 5.63. The summed E-state index contributed by atoms with van der Waals surface area (Å²) in [7, 11) is 0. The van der Waals surface area contributed by atoms with Crippen molar-refractivity contribution in [3.05, 3.63) is 64.9 Å². The number of aliphatic carboxylic acids is 1. The molecule has 5 heteroatoms. The number of carboxylic acid groups (broad SMARTS) is 1. The van der Waals surface area contributed by atoms with Crippen LogP contribution in [-0.4, -0.2) is 20.6 Å². The minimum absolute atomic E-state index is 0.139. The standard InChI is InChI=1S/C18H17FN2O2/c1-11-13(4-3-7-20-11)8-15-12(2)21(10-18(22)23)17-6-5-14(19)9-16(15)17/h3-7,9H,8,10H2,1-2H3,(H,22,23). The van der Waals surface area contributed by atoms with Gasteiger partial charge in [0.25, 0.3) is 0 Å². The highest BCUT2D eigenvalue weighted by Crippen LogP contribution is 2.29. The van der Waals surface area contributed by atoms with Crippen LogP contribution in [0.4, 0.5) is 4.39 Å². The van der Waals surface area contributed by atoms with Crippen LogP contribution in [0.1, 0.15) is 22.5 Å². The molecule has 3 rings (SSSR count). The highest BCUT2D eigenvalue weighted by molar-refractivity contribution is 5.87. The Morgan fingerprint density at radius 3 is 2.78 bits per heavy atom. The first kappa shape index (κ1) is 15.2. The second kappa shape index (κ2) is 5.83. The van der Waals surface area contributed by atoms with Crippen LogP contribution in [0.3, 0.4) is 0 Å². The van der Waals surface area contributed by atoms with E-state index in [0.717, 1.165) is 33.4 Å². The maximum absolute atomic E-state index is 13.7. The lowest BCUT2D eigenvalue weighted by Gasteiger charge is -2.07. The van der Waals surface area contributed by atoms with Crippen LogP contribution in [0.25, 0.3) is 10.9 Å². The van der Waals surface area contributed by atoms with Gasteiger partial charge in [0.2, 0.25) is 0 Å². The van der Waals surface area contributed by atoms with Crippen molar-refractivity contribution in [2.45, 2.75) is 26.8 Å². The van der Waals surface area contributed by atoms with Crippen LogP contribution in [0.5, 0.6) is 0 Å². The van der Waals surface area contributed by atoms with E-state index in [1.54, 1.807) is 16.8 Å². The number of nitrogens with zero attached hydrogens (tertiary/aromatic N) is 2. The average Bonchev–Trinajstić information content (AvgIpc) is 2.74. The van der Waals surface area contributed by atoms with Gasteiger partial charge in [-0.3, -0.25) is 9.78 Å². The summed E-state index contributed by atoms with van der Waals surface area (Å²) in [6, 6.07) is 8.33. The molecule has 0 aliphatic carbocycles. The molecule has 2 aromatic heterocycles.